The number of hydrogen-bond donors (Lipinski definition) is 0. The van der Waals surface area contributed by atoms with Crippen LogP contribution in [0.1, 0.15) is 5.69 Å². The Hall–Kier alpha value is -1.19. The molecule has 1 aromatic heterocycles. The second-order valence-electron chi connectivity index (χ2n) is 1.86. The molecule has 0 spiro atoms. The highest BCUT2D eigenvalue weighted by atomic mass is 16.3. The molecule has 0 unspecified atom stereocenters. The maximum Gasteiger partial charge on any atom is 0.148 e. The van der Waals surface area contributed by atoms with Crippen molar-refractivity contribution in [2.45, 2.75) is 6.92 Å². The van der Waals surface area contributed by atoms with Crippen molar-refractivity contribution in [2.24, 2.45) is 12.2 Å². The van der Waals surface area contributed by atoms with E-state index in [4.69, 9.17) is 0 Å². The van der Waals surface area contributed by atoms with Gasteiger partial charge in [0.25, 0.3) is 0 Å². The van der Waals surface area contributed by atoms with E-state index >= 15 is 0 Å². The van der Waals surface area contributed by atoms with Crippen molar-refractivity contribution in [3.8, 4) is 0 Å². The lowest BCUT2D eigenvalue weighted by Crippen LogP contribution is -1.86. The van der Waals surface area contributed by atoms with E-state index in [-0.39, 0.29) is 0 Å². The summed E-state index contributed by atoms with van der Waals surface area (Å²) < 4.78 is 1.56. The third kappa shape index (κ3) is 0.960. The standard InChI is InChI=1S/C5H7N3O/c1-4-5(7-9)3-8(2)6-4/h3H,1-2H3. The molecule has 9 heavy (non-hydrogen) atoms. The van der Waals surface area contributed by atoms with Crippen molar-refractivity contribution in [2.75, 3.05) is 0 Å². The van der Waals surface area contributed by atoms with E-state index in [0.29, 0.717) is 11.4 Å². The molecular formula is C5H7N3O. The topological polar surface area (TPSA) is 47.2 Å². The number of nitroso groups, excluding NO2 is 1. The zero-order valence-electron chi connectivity index (χ0n) is 5.33. The normalized spacial score (nSPS) is 9.56. The number of rotatable bonds is 1. The van der Waals surface area contributed by atoms with Gasteiger partial charge in [-0.2, -0.15) is 5.10 Å². The van der Waals surface area contributed by atoms with Gasteiger partial charge in [0.1, 0.15) is 5.69 Å². The Labute approximate surface area is 52.5 Å². The Bertz CT molecular complexity index is 228. The fraction of sp³-hybridized carbons (Fsp3) is 0.400. The van der Waals surface area contributed by atoms with Crippen molar-refractivity contribution >= 4 is 5.69 Å². The van der Waals surface area contributed by atoms with Crippen LogP contribution in [0.3, 0.4) is 0 Å². The van der Waals surface area contributed by atoms with Crippen LogP contribution < -0.4 is 0 Å². The van der Waals surface area contributed by atoms with Crippen LogP contribution in [0.25, 0.3) is 0 Å². The molecule has 0 N–H and O–H groups in total. The highest BCUT2D eigenvalue weighted by molar-refractivity contribution is 5.37. The van der Waals surface area contributed by atoms with Gasteiger partial charge >= 0.3 is 0 Å². The van der Waals surface area contributed by atoms with E-state index in [9.17, 15) is 4.91 Å². The molecular weight excluding hydrogens is 118 g/mol. The second kappa shape index (κ2) is 1.97. The zero-order valence-corrected chi connectivity index (χ0v) is 5.33. The molecule has 1 aromatic rings. The maximum atomic E-state index is 9.94. The van der Waals surface area contributed by atoms with Crippen LogP contribution in [-0.2, 0) is 7.05 Å². The monoisotopic (exact) mass is 125 g/mol. The average molecular weight is 125 g/mol. The predicted molar refractivity (Wildman–Crippen MR) is 33.4 cm³/mol. The van der Waals surface area contributed by atoms with E-state index in [1.54, 1.807) is 24.9 Å². The van der Waals surface area contributed by atoms with Gasteiger partial charge in [-0.15, -0.1) is 4.91 Å². The highest BCUT2D eigenvalue weighted by Crippen LogP contribution is 2.13. The Kier molecular flexibility index (Phi) is 1.30. The quantitative estimate of drug-likeness (QED) is 0.528. The predicted octanol–water partition coefficient (Wildman–Crippen LogP) is 1.13. The lowest BCUT2D eigenvalue weighted by Gasteiger charge is -1.79. The summed E-state index contributed by atoms with van der Waals surface area (Å²) in [5, 5.41) is 6.66. The molecule has 4 heteroatoms. The van der Waals surface area contributed by atoms with E-state index in [1.165, 1.54) is 0 Å². The highest BCUT2D eigenvalue weighted by Gasteiger charge is 1.99. The van der Waals surface area contributed by atoms with Crippen LogP contribution >= 0.6 is 0 Å². The molecule has 0 radical (unpaired) electrons. The Morgan fingerprint density at radius 2 is 2.44 bits per heavy atom. The van der Waals surface area contributed by atoms with E-state index in [0.717, 1.165) is 0 Å². The minimum Gasteiger partial charge on any atom is -0.273 e. The van der Waals surface area contributed by atoms with Gasteiger partial charge in [-0.05, 0) is 12.1 Å². The minimum atomic E-state index is 0.414. The molecule has 0 saturated heterocycles. The largest absolute Gasteiger partial charge is 0.273 e. The maximum absolute atomic E-state index is 9.94. The molecule has 4 nitrogen and oxygen atoms in total. The van der Waals surface area contributed by atoms with Crippen molar-refractivity contribution in [3.05, 3.63) is 16.8 Å². The summed E-state index contributed by atoms with van der Waals surface area (Å²) in [6, 6.07) is 0. The molecule has 0 bridgehead atoms. The van der Waals surface area contributed by atoms with E-state index < -0.39 is 0 Å². The summed E-state index contributed by atoms with van der Waals surface area (Å²) >= 11 is 0. The second-order valence-corrected chi connectivity index (χ2v) is 1.86. The lowest BCUT2D eigenvalue weighted by molar-refractivity contribution is 0.756. The van der Waals surface area contributed by atoms with Gasteiger partial charge in [0, 0.05) is 7.05 Å². The molecule has 0 aliphatic heterocycles. The van der Waals surface area contributed by atoms with Crippen LogP contribution in [0.5, 0.6) is 0 Å². The first kappa shape index (κ1) is 5.94. The summed E-state index contributed by atoms with van der Waals surface area (Å²) in [6.45, 7) is 1.75. The average Bonchev–Trinajstić information content (AvgIpc) is 2.10. The van der Waals surface area contributed by atoms with Gasteiger partial charge < -0.3 is 0 Å². The molecule has 0 atom stereocenters. The SMILES string of the molecule is Cc1nn(C)cc1N=O. The summed E-state index contributed by atoms with van der Waals surface area (Å²) in [5.74, 6) is 0. The van der Waals surface area contributed by atoms with Gasteiger partial charge in [0.05, 0.1) is 11.9 Å². The Morgan fingerprint density at radius 3 is 2.67 bits per heavy atom. The first-order valence-corrected chi connectivity index (χ1v) is 2.57. The number of aromatic nitrogens is 2. The summed E-state index contributed by atoms with van der Waals surface area (Å²) in [6.07, 6.45) is 1.59. The van der Waals surface area contributed by atoms with Gasteiger partial charge in [0.15, 0.2) is 0 Å². The third-order valence-electron chi connectivity index (χ3n) is 1.09. The van der Waals surface area contributed by atoms with Crippen LogP contribution in [0, 0.1) is 11.8 Å². The molecule has 0 saturated carbocycles. The van der Waals surface area contributed by atoms with Crippen LogP contribution in [0.15, 0.2) is 11.4 Å². The molecule has 0 aromatic carbocycles. The molecule has 0 amide bonds. The van der Waals surface area contributed by atoms with Gasteiger partial charge in [-0.1, -0.05) is 0 Å². The molecule has 48 valence electrons. The smallest absolute Gasteiger partial charge is 0.148 e. The third-order valence-corrected chi connectivity index (χ3v) is 1.09. The molecule has 0 aliphatic rings. The summed E-state index contributed by atoms with van der Waals surface area (Å²) in [7, 11) is 1.75. The summed E-state index contributed by atoms with van der Waals surface area (Å²) in [5.41, 5.74) is 1.09. The minimum absolute atomic E-state index is 0.414. The van der Waals surface area contributed by atoms with Crippen LogP contribution in [0.2, 0.25) is 0 Å². The van der Waals surface area contributed by atoms with Gasteiger partial charge in [-0.3, -0.25) is 4.68 Å². The molecule has 1 rings (SSSR count). The number of hydrogen-bond acceptors (Lipinski definition) is 3. The lowest BCUT2D eigenvalue weighted by atomic mass is 10.4. The van der Waals surface area contributed by atoms with E-state index in [1.807, 2.05) is 0 Å². The Balaban J connectivity index is 3.15. The fourth-order valence-electron chi connectivity index (χ4n) is 0.677. The number of nitrogens with zero attached hydrogens (tertiary/aromatic N) is 3. The summed E-state index contributed by atoms with van der Waals surface area (Å²) in [4.78, 5) is 9.94. The van der Waals surface area contributed by atoms with Gasteiger partial charge in [-0.25, -0.2) is 0 Å². The fourth-order valence-corrected chi connectivity index (χ4v) is 0.677. The van der Waals surface area contributed by atoms with Crippen molar-refractivity contribution < 1.29 is 0 Å². The Morgan fingerprint density at radius 1 is 1.78 bits per heavy atom. The van der Waals surface area contributed by atoms with Crippen LogP contribution in [0.4, 0.5) is 5.69 Å². The van der Waals surface area contributed by atoms with Crippen molar-refractivity contribution in [3.63, 3.8) is 0 Å². The first-order chi connectivity index (χ1) is 4.24. The van der Waals surface area contributed by atoms with Crippen molar-refractivity contribution in [1.29, 1.82) is 0 Å². The molecule has 1 heterocycles. The van der Waals surface area contributed by atoms with Crippen molar-refractivity contribution in [1.82, 2.24) is 9.78 Å². The van der Waals surface area contributed by atoms with Gasteiger partial charge in [0.2, 0.25) is 0 Å². The van der Waals surface area contributed by atoms with Crippen LogP contribution in [-0.4, -0.2) is 9.78 Å². The van der Waals surface area contributed by atoms with E-state index in [2.05, 4.69) is 10.3 Å². The zero-order chi connectivity index (χ0) is 6.85. The molecule has 0 fully saturated rings. The number of aryl methyl sites for hydroxylation is 2. The molecule has 0 aliphatic carbocycles. The first-order valence-electron chi connectivity index (χ1n) is 2.57.